The van der Waals surface area contributed by atoms with Crippen LogP contribution in [0.5, 0.6) is 0 Å². The molecule has 0 aromatic carbocycles. The van der Waals surface area contributed by atoms with Crippen molar-refractivity contribution in [3.63, 3.8) is 0 Å². The Balaban J connectivity index is 2.24. The summed E-state index contributed by atoms with van der Waals surface area (Å²) in [5, 5.41) is 5.46. The Morgan fingerprint density at radius 3 is 2.67 bits per heavy atom. The average Bonchev–Trinajstić information content (AvgIpc) is 2.69. The van der Waals surface area contributed by atoms with Crippen LogP contribution in [0, 0.1) is 5.92 Å². The standard InChI is InChI=1S/C16H26BrN5O2/c1-10(2)8-11(14(23)18-3)19-15(24)13-12-9-21(4)6-5-7-22(12)16(17)20-13/h10-11H,5-9H2,1-4H3,(H,18,23)(H,19,24). The maximum Gasteiger partial charge on any atom is 0.272 e. The van der Waals surface area contributed by atoms with Crippen molar-refractivity contribution in [2.45, 2.75) is 45.8 Å². The number of rotatable bonds is 5. The van der Waals surface area contributed by atoms with E-state index < -0.39 is 6.04 Å². The van der Waals surface area contributed by atoms with Gasteiger partial charge in [-0.05, 0) is 48.3 Å². The van der Waals surface area contributed by atoms with Crippen molar-refractivity contribution in [1.29, 1.82) is 0 Å². The lowest BCUT2D eigenvalue weighted by molar-refractivity contribution is -0.122. The van der Waals surface area contributed by atoms with Crippen LogP contribution in [0.25, 0.3) is 0 Å². The SMILES string of the molecule is CNC(=O)C(CC(C)C)NC(=O)c1nc(Br)n2c1CN(C)CCC2. The van der Waals surface area contributed by atoms with Crippen molar-refractivity contribution >= 4 is 27.7 Å². The molecule has 0 saturated heterocycles. The van der Waals surface area contributed by atoms with E-state index in [-0.39, 0.29) is 11.8 Å². The smallest absolute Gasteiger partial charge is 0.272 e. The molecule has 2 heterocycles. The lowest BCUT2D eigenvalue weighted by Gasteiger charge is -2.19. The number of nitrogens with one attached hydrogen (secondary N) is 2. The molecule has 0 aliphatic carbocycles. The highest BCUT2D eigenvalue weighted by Gasteiger charge is 2.27. The summed E-state index contributed by atoms with van der Waals surface area (Å²) in [7, 11) is 3.61. The zero-order valence-corrected chi connectivity index (χ0v) is 16.3. The fourth-order valence-electron chi connectivity index (χ4n) is 2.96. The molecule has 24 heavy (non-hydrogen) atoms. The highest BCUT2D eigenvalue weighted by molar-refractivity contribution is 9.10. The maximum absolute atomic E-state index is 12.8. The van der Waals surface area contributed by atoms with Crippen LogP contribution in [-0.2, 0) is 17.9 Å². The third-order valence-corrected chi connectivity index (χ3v) is 4.76. The van der Waals surface area contributed by atoms with Gasteiger partial charge >= 0.3 is 0 Å². The van der Waals surface area contributed by atoms with Gasteiger partial charge in [0.15, 0.2) is 10.4 Å². The van der Waals surface area contributed by atoms with Gasteiger partial charge in [0, 0.05) is 20.1 Å². The molecule has 1 atom stereocenters. The Morgan fingerprint density at radius 1 is 1.33 bits per heavy atom. The van der Waals surface area contributed by atoms with E-state index in [1.54, 1.807) is 7.05 Å². The predicted octanol–water partition coefficient (Wildman–Crippen LogP) is 1.37. The largest absolute Gasteiger partial charge is 0.357 e. The number of hydrogen-bond acceptors (Lipinski definition) is 4. The van der Waals surface area contributed by atoms with E-state index in [1.807, 2.05) is 25.5 Å². The molecule has 0 radical (unpaired) electrons. The second-order valence-corrected chi connectivity index (χ2v) is 7.40. The molecule has 1 aliphatic heterocycles. The minimum Gasteiger partial charge on any atom is -0.357 e. The van der Waals surface area contributed by atoms with Crippen molar-refractivity contribution in [2.24, 2.45) is 5.92 Å². The van der Waals surface area contributed by atoms with Crippen LogP contribution in [0.1, 0.15) is 42.9 Å². The second-order valence-electron chi connectivity index (χ2n) is 6.69. The van der Waals surface area contributed by atoms with Gasteiger partial charge in [-0.15, -0.1) is 0 Å². The number of halogens is 1. The first-order valence-electron chi connectivity index (χ1n) is 8.29. The number of nitrogens with zero attached hydrogens (tertiary/aromatic N) is 3. The summed E-state index contributed by atoms with van der Waals surface area (Å²) in [5.41, 5.74) is 1.29. The van der Waals surface area contributed by atoms with Gasteiger partial charge in [-0.1, -0.05) is 13.8 Å². The summed E-state index contributed by atoms with van der Waals surface area (Å²) in [6.07, 6.45) is 1.59. The van der Waals surface area contributed by atoms with Crippen molar-refractivity contribution < 1.29 is 9.59 Å². The van der Waals surface area contributed by atoms with Gasteiger partial charge in [0.2, 0.25) is 5.91 Å². The molecule has 0 spiro atoms. The van der Waals surface area contributed by atoms with E-state index in [0.717, 1.165) is 25.2 Å². The molecule has 1 unspecified atom stereocenters. The molecular weight excluding hydrogens is 374 g/mol. The minimum absolute atomic E-state index is 0.182. The third-order valence-electron chi connectivity index (χ3n) is 4.16. The Bertz CT molecular complexity index is 614. The molecular formula is C16H26BrN5O2. The molecule has 1 aromatic rings. The van der Waals surface area contributed by atoms with Gasteiger partial charge in [0.25, 0.3) is 5.91 Å². The van der Waals surface area contributed by atoms with Crippen molar-refractivity contribution in [1.82, 2.24) is 25.1 Å². The number of fused-ring (bicyclic) bond motifs is 1. The molecule has 1 aromatic heterocycles. The lowest BCUT2D eigenvalue weighted by atomic mass is 10.0. The number of likely N-dealkylation sites (N-methyl/N-ethyl adjacent to an activating group) is 1. The molecule has 2 rings (SSSR count). The van der Waals surface area contributed by atoms with E-state index in [4.69, 9.17) is 0 Å². The van der Waals surface area contributed by atoms with Crippen LogP contribution in [-0.4, -0.2) is 52.9 Å². The van der Waals surface area contributed by atoms with E-state index in [0.29, 0.717) is 29.3 Å². The second kappa shape index (κ2) is 8.11. The van der Waals surface area contributed by atoms with Gasteiger partial charge in [-0.25, -0.2) is 4.98 Å². The quantitative estimate of drug-likeness (QED) is 0.783. The molecule has 0 saturated carbocycles. The summed E-state index contributed by atoms with van der Waals surface area (Å²) in [6, 6.07) is -0.554. The lowest BCUT2D eigenvalue weighted by Crippen LogP contribution is -2.46. The number of imidazole rings is 1. The van der Waals surface area contributed by atoms with Gasteiger partial charge in [-0.3, -0.25) is 9.59 Å². The topological polar surface area (TPSA) is 79.3 Å². The van der Waals surface area contributed by atoms with Gasteiger partial charge in [0.05, 0.1) is 5.69 Å². The predicted molar refractivity (Wildman–Crippen MR) is 95.7 cm³/mol. The number of aromatic nitrogens is 2. The van der Waals surface area contributed by atoms with Crippen molar-refractivity contribution in [2.75, 3.05) is 20.6 Å². The first kappa shape index (κ1) is 18.9. The van der Waals surface area contributed by atoms with Crippen molar-refractivity contribution in [3.8, 4) is 0 Å². The van der Waals surface area contributed by atoms with Crippen LogP contribution < -0.4 is 10.6 Å². The highest BCUT2D eigenvalue weighted by atomic mass is 79.9. The van der Waals surface area contributed by atoms with Crippen LogP contribution in [0.15, 0.2) is 4.73 Å². The van der Waals surface area contributed by atoms with Crippen LogP contribution >= 0.6 is 15.9 Å². The van der Waals surface area contributed by atoms with Crippen molar-refractivity contribution in [3.05, 3.63) is 16.1 Å². The Morgan fingerprint density at radius 2 is 2.04 bits per heavy atom. The number of carbonyl (C=O) groups excluding carboxylic acids is 2. The Kier molecular flexibility index (Phi) is 6.40. The van der Waals surface area contributed by atoms with Gasteiger partial charge in [-0.2, -0.15) is 0 Å². The molecule has 1 aliphatic rings. The normalized spacial score (nSPS) is 16.4. The maximum atomic E-state index is 12.8. The highest BCUT2D eigenvalue weighted by Crippen LogP contribution is 2.22. The van der Waals surface area contributed by atoms with E-state index in [9.17, 15) is 9.59 Å². The molecule has 0 bridgehead atoms. The average molecular weight is 400 g/mol. The molecule has 2 N–H and O–H groups in total. The summed E-state index contributed by atoms with van der Waals surface area (Å²) >= 11 is 3.45. The van der Waals surface area contributed by atoms with Crippen LogP contribution in [0.2, 0.25) is 0 Å². The minimum atomic E-state index is -0.554. The zero-order chi connectivity index (χ0) is 17.9. The summed E-state index contributed by atoms with van der Waals surface area (Å²) < 4.78 is 2.70. The zero-order valence-electron chi connectivity index (χ0n) is 14.7. The first-order valence-corrected chi connectivity index (χ1v) is 9.08. The summed E-state index contributed by atoms with van der Waals surface area (Å²) in [4.78, 5) is 31.4. The van der Waals surface area contributed by atoms with Crippen LogP contribution in [0.4, 0.5) is 0 Å². The number of amides is 2. The molecule has 2 amide bonds. The fourth-order valence-corrected chi connectivity index (χ4v) is 3.53. The van der Waals surface area contributed by atoms with E-state index in [1.165, 1.54) is 0 Å². The number of carbonyl (C=O) groups is 2. The monoisotopic (exact) mass is 399 g/mol. The fraction of sp³-hybridized carbons (Fsp3) is 0.688. The molecule has 8 heteroatoms. The van der Waals surface area contributed by atoms with Gasteiger partial charge < -0.3 is 20.1 Å². The summed E-state index contributed by atoms with van der Waals surface area (Å²) in [6.45, 7) is 6.51. The molecule has 134 valence electrons. The first-order chi connectivity index (χ1) is 11.3. The van der Waals surface area contributed by atoms with E-state index >= 15 is 0 Å². The Labute approximate surface area is 151 Å². The summed E-state index contributed by atoms with van der Waals surface area (Å²) in [5.74, 6) is -0.183. The Hall–Kier alpha value is -1.41. The number of hydrogen-bond donors (Lipinski definition) is 2. The molecule has 7 nitrogen and oxygen atoms in total. The van der Waals surface area contributed by atoms with Crippen LogP contribution in [0.3, 0.4) is 0 Å². The third kappa shape index (κ3) is 4.36. The van der Waals surface area contributed by atoms with E-state index in [2.05, 4.69) is 36.4 Å². The molecule has 0 fully saturated rings. The van der Waals surface area contributed by atoms with Gasteiger partial charge in [0.1, 0.15) is 6.04 Å².